The quantitative estimate of drug-likeness (QED) is 0.777. The molecule has 1 aromatic rings. The molecule has 0 saturated heterocycles. The van der Waals surface area contributed by atoms with Crippen LogP contribution in [0.2, 0.25) is 0 Å². The Labute approximate surface area is 90.1 Å². The Kier molecular flexibility index (Phi) is 4.72. The number of aliphatic hydroxyl groups is 1. The number of hydrogen-bond acceptors (Lipinski definition) is 2. The van der Waals surface area contributed by atoms with Gasteiger partial charge in [0.15, 0.2) is 0 Å². The highest BCUT2D eigenvalue weighted by Crippen LogP contribution is 2.05. The summed E-state index contributed by atoms with van der Waals surface area (Å²) in [5.74, 6) is -0.205. The zero-order chi connectivity index (χ0) is 11.3. The lowest BCUT2D eigenvalue weighted by molar-refractivity contribution is 0.187. The Morgan fingerprint density at radius 2 is 1.87 bits per heavy atom. The molecule has 0 radical (unpaired) electrons. The lowest BCUT2D eigenvalue weighted by Crippen LogP contribution is -2.33. The average Bonchev–Trinajstić information content (AvgIpc) is 2.19. The van der Waals surface area contributed by atoms with Crippen molar-refractivity contribution in [3.8, 4) is 0 Å². The molecule has 1 rings (SSSR count). The normalized spacial score (nSPS) is 14.9. The molecule has 0 aliphatic heterocycles. The highest BCUT2D eigenvalue weighted by Gasteiger charge is 2.04. The fourth-order valence-corrected chi connectivity index (χ4v) is 1.42. The van der Waals surface area contributed by atoms with E-state index < -0.39 is 0 Å². The van der Waals surface area contributed by atoms with Crippen LogP contribution in [0.5, 0.6) is 0 Å². The van der Waals surface area contributed by atoms with Gasteiger partial charge in [-0.2, -0.15) is 0 Å². The maximum atomic E-state index is 12.6. The van der Waals surface area contributed by atoms with E-state index in [1.807, 2.05) is 6.92 Å². The van der Waals surface area contributed by atoms with Gasteiger partial charge in [0.2, 0.25) is 0 Å². The largest absolute Gasteiger partial charge is 0.392 e. The van der Waals surface area contributed by atoms with Crippen molar-refractivity contribution in [3.05, 3.63) is 35.6 Å². The third-order valence-corrected chi connectivity index (χ3v) is 2.22. The Morgan fingerprint density at radius 3 is 2.40 bits per heavy atom. The summed E-state index contributed by atoms with van der Waals surface area (Å²) in [5.41, 5.74) is 1.10. The highest BCUT2D eigenvalue weighted by atomic mass is 19.1. The third-order valence-electron chi connectivity index (χ3n) is 2.22. The van der Waals surface area contributed by atoms with Crippen LogP contribution >= 0.6 is 0 Å². The molecule has 1 aromatic carbocycles. The number of halogens is 1. The molecule has 2 unspecified atom stereocenters. The maximum Gasteiger partial charge on any atom is 0.123 e. The van der Waals surface area contributed by atoms with E-state index in [0.717, 1.165) is 12.0 Å². The molecule has 2 N–H and O–H groups in total. The monoisotopic (exact) mass is 211 g/mol. The molecule has 84 valence electrons. The minimum absolute atomic E-state index is 0.205. The summed E-state index contributed by atoms with van der Waals surface area (Å²) < 4.78 is 12.6. The van der Waals surface area contributed by atoms with Crippen LogP contribution in [0.1, 0.15) is 19.4 Å². The van der Waals surface area contributed by atoms with E-state index in [2.05, 4.69) is 5.32 Å². The smallest absolute Gasteiger partial charge is 0.123 e. The fourth-order valence-electron chi connectivity index (χ4n) is 1.42. The van der Waals surface area contributed by atoms with Crippen molar-refractivity contribution in [1.82, 2.24) is 5.32 Å². The van der Waals surface area contributed by atoms with Crippen LogP contribution in [0.15, 0.2) is 24.3 Å². The van der Waals surface area contributed by atoms with Crippen molar-refractivity contribution < 1.29 is 9.50 Å². The first-order valence-electron chi connectivity index (χ1n) is 5.24. The summed E-state index contributed by atoms with van der Waals surface area (Å²) in [7, 11) is 0. The van der Waals surface area contributed by atoms with Gasteiger partial charge in [0.1, 0.15) is 5.82 Å². The first kappa shape index (κ1) is 12.1. The first-order valence-corrected chi connectivity index (χ1v) is 5.24. The Balaban J connectivity index is 2.37. The van der Waals surface area contributed by atoms with Gasteiger partial charge in [0.05, 0.1) is 6.10 Å². The molecule has 0 amide bonds. The van der Waals surface area contributed by atoms with E-state index in [-0.39, 0.29) is 18.0 Å². The van der Waals surface area contributed by atoms with Crippen LogP contribution in [-0.4, -0.2) is 23.8 Å². The average molecular weight is 211 g/mol. The van der Waals surface area contributed by atoms with Crippen molar-refractivity contribution in [1.29, 1.82) is 0 Å². The predicted octanol–water partition coefficient (Wildman–Crippen LogP) is 1.73. The molecule has 15 heavy (non-hydrogen) atoms. The van der Waals surface area contributed by atoms with Gasteiger partial charge in [-0.1, -0.05) is 12.1 Å². The molecule has 0 bridgehead atoms. The molecule has 3 heteroatoms. The van der Waals surface area contributed by atoms with Crippen LogP contribution in [0.4, 0.5) is 4.39 Å². The number of benzene rings is 1. The van der Waals surface area contributed by atoms with Crippen LogP contribution in [-0.2, 0) is 6.42 Å². The Hall–Kier alpha value is -0.930. The topological polar surface area (TPSA) is 32.3 Å². The van der Waals surface area contributed by atoms with E-state index >= 15 is 0 Å². The van der Waals surface area contributed by atoms with E-state index in [1.54, 1.807) is 19.1 Å². The summed E-state index contributed by atoms with van der Waals surface area (Å²) in [6.45, 7) is 4.38. The second-order valence-electron chi connectivity index (χ2n) is 3.99. The molecular formula is C12H18FNO. The Bertz CT molecular complexity index is 284. The van der Waals surface area contributed by atoms with Crippen molar-refractivity contribution >= 4 is 0 Å². The molecule has 0 heterocycles. The summed E-state index contributed by atoms with van der Waals surface area (Å²) in [4.78, 5) is 0. The third kappa shape index (κ3) is 4.91. The standard InChI is InChI=1S/C12H18FNO/c1-9(14-8-10(2)15)7-11-3-5-12(13)6-4-11/h3-6,9-10,14-15H,7-8H2,1-2H3. The summed E-state index contributed by atoms with van der Waals surface area (Å²) in [6.07, 6.45) is 0.508. The Morgan fingerprint density at radius 1 is 1.27 bits per heavy atom. The molecule has 0 saturated carbocycles. The molecule has 0 aromatic heterocycles. The van der Waals surface area contributed by atoms with Gasteiger partial charge >= 0.3 is 0 Å². The number of hydrogen-bond donors (Lipinski definition) is 2. The fraction of sp³-hybridized carbons (Fsp3) is 0.500. The van der Waals surface area contributed by atoms with Crippen LogP contribution in [0.25, 0.3) is 0 Å². The molecule has 0 spiro atoms. The first-order chi connectivity index (χ1) is 7.08. The summed E-state index contributed by atoms with van der Waals surface area (Å²) in [6, 6.07) is 6.80. The van der Waals surface area contributed by atoms with Gasteiger partial charge in [-0.3, -0.25) is 0 Å². The zero-order valence-corrected chi connectivity index (χ0v) is 9.20. The number of nitrogens with one attached hydrogen (secondary N) is 1. The minimum Gasteiger partial charge on any atom is -0.392 e. The lowest BCUT2D eigenvalue weighted by atomic mass is 10.1. The van der Waals surface area contributed by atoms with Gasteiger partial charge in [-0.15, -0.1) is 0 Å². The zero-order valence-electron chi connectivity index (χ0n) is 9.20. The lowest BCUT2D eigenvalue weighted by Gasteiger charge is -2.15. The van der Waals surface area contributed by atoms with Gasteiger partial charge in [-0.25, -0.2) is 4.39 Å². The molecule has 2 atom stereocenters. The summed E-state index contributed by atoms with van der Waals surface area (Å²) in [5, 5.41) is 12.3. The van der Waals surface area contributed by atoms with E-state index in [9.17, 15) is 4.39 Å². The van der Waals surface area contributed by atoms with Gasteiger partial charge in [-0.05, 0) is 38.0 Å². The van der Waals surface area contributed by atoms with E-state index in [4.69, 9.17) is 5.11 Å². The molecular weight excluding hydrogens is 193 g/mol. The van der Waals surface area contributed by atoms with Crippen molar-refractivity contribution in [2.24, 2.45) is 0 Å². The molecule has 0 fully saturated rings. The number of rotatable bonds is 5. The van der Waals surface area contributed by atoms with Gasteiger partial charge in [0.25, 0.3) is 0 Å². The van der Waals surface area contributed by atoms with E-state index in [1.165, 1.54) is 12.1 Å². The van der Waals surface area contributed by atoms with Crippen molar-refractivity contribution in [2.45, 2.75) is 32.4 Å². The maximum absolute atomic E-state index is 12.6. The summed E-state index contributed by atoms with van der Waals surface area (Å²) >= 11 is 0. The van der Waals surface area contributed by atoms with E-state index in [0.29, 0.717) is 6.54 Å². The van der Waals surface area contributed by atoms with Gasteiger partial charge in [0, 0.05) is 12.6 Å². The second kappa shape index (κ2) is 5.83. The number of aliphatic hydroxyl groups excluding tert-OH is 1. The molecule has 0 aliphatic carbocycles. The molecule has 2 nitrogen and oxygen atoms in total. The van der Waals surface area contributed by atoms with Crippen LogP contribution in [0, 0.1) is 5.82 Å². The second-order valence-corrected chi connectivity index (χ2v) is 3.99. The highest BCUT2D eigenvalue weighted by molar-refractivity contribution is 5.16. The van der Waals surface area contributed by atoms with Crippen molar-refractivity contribution in [3.63, 3.8) is 0 Å². The SMILES string of the molecule is CC(O)CNC(C)Cc1ccc(F)cc1. The van der Waals surface area contributed by atoms with Gasteiger partial charge < -0.3 is 10.4 Å². The molecule has 0 aliphatic rings. The van der Waals surface area contributed by atoms with Crippen LogP contribution < -0.4 is 5.32 Å². The predicted molar refractivity (Wildman–Crippen MR) is 59.2 cm³/mol. The minimum atomic E-state index is -0.333. The van der Waals surface area contributed by atoms with Crippen LogP contribution in [0.3, 0.4) is 0 Å². The van der Waals surface area contributed by atoms with Crippen molar-refractivity contribution in [2.75, 3.05) is 6.54 Å².